The minimum Gasteiger partial charge on any atom is -0.489 e. The zero-order chi connectivity index (χ0) is 13.8. The van der Waals surface area contributed by atoms with Crippen molar-refractivity contribution in [2.75, 3.05) is 19.6 Å². The van der Waals surface area contributed by atoms with Gasteiger partial charge in [0.2, 0.25) is 0 Å². The van der Waals surface area contributed by atoms with E-state index in [9.17, 15) is 4.79 Å². The van der Waals surface area contributed by atoms with E-state index in [1.165, 1.54) is 0 Å². The second-order valence-corrected chi connectivity index (χ2v) is 4.87. The summed E-state index contributed by atoms with van der Waals surface area (Å²) in [5.74, 6) is 0.893. The number of amides is 2. The first-order valence-electron chi connectivity index (χ1n) is 6.94. The maximum Gasteiger partial charge on any atom is 0.320 e. The second-order valence-electron chi connectivity index (χ2n) is 4.87. The molecule has 0 aromatic heterocycles. The van der Waals surface area contributed by atoms with Gasteiger partial charge in [0.05, 0.1) is 13.1 Å². The first kappa shape index (κ1) is 13.7. The van der Waals surface area contributed by atoms with Gasteiger partial charge < -0.3 is 14.5 Å². The molecular formula is C15H22N2O2. The lowest BCUT2D eigenvalue weighted by molar-refractivity contribution is 0.131. The van der Waals surface area contributed by atoms with Gasteiger partial charge in [-0.1, -0.05) is 18.2 Å². The molecular weight excluding hydrogens is 240 g/mol. The zero-order valence-corrected chi connectivity index (χ0v) is 11.9. The summed E-state index contributed by atoms with van der Waals surface area (Å²) in [5, 5.41) is 0. The summed E-state index contributed by atoms with van der Waals surface area (Å²) in [4.78, 5) is 16.2. The van der Waals surface area contributed by atoms with Gasteiger partial charge in [0, 0.05) is 18.7 Å². The lowest BCUT2D eigenvalue weighted by Gasteiger charge is -2.29. The summed E-state index contributed by atoms with van der Waals surface area (Å²) in [6.45, 7) is 8.75. The quantitative estimate of drug-likeness (QED) is 0.821. The molecule has 1 aromatic rings. The van der Waals surface area contributed by atoms with Crippen LogP contribution in [0.3, 0.4) is 0 Å². The van der Waals surface area contributed by atoms with E-state index in [1.54, 1.807) is 0 Å². The number of benzene rings is 1. The molecule has 1 aromatic carbocycles. The van der Waals surface area contributed by atoms with Crippen LogP contribution in [0, 0.1) is 0 Å². The number of rotatable bonds is 2. The van der Waals surface area contributed by atoms with Crippen molar-refractivity contribution in [1.29, 1.82) is 0 Å². The van der Waals surface area contributed by atoms with Crippen LogP contribution in [0.15, 0.2) is 24.3 Å². The van der Waals surface area contributed by atoms with Gasteiger partial charge in [-0.05, 0) is 26.8 Å². The van der Waals surface area contributed by atoms with E-state index >= 15 is 0 Å². The van der Waals surface area contributed by atoms with Crippen molar-refractivity contribution >= 4 is 6.03 Å². The smallest absolute Gasteiger partial charge is 0.320 e. The van der Waals surface area contributed by atoms with Gasteiger partial charge >= 0.3 is 6.03 Å². The van der Waals surface area contributed by atoms with Gasteiger partial charge in [-0.25, -0.2) is 4.79 Å². The molecule has 2 amide bonds. The van der Waals surface area contributed by atoms with Crippen molar-refractivity contribution in [3.8, 4) is 5.75 Å². The molecule has 0 fully saturated rings. The summed E-state index contributed by atoms with van der Waals surface area (Å²) >= 11 is 0. The van der Waals surface area contributed by atoms with E-state index in [1.807, 2.05) is 54.8 Å². The number of para-hydroxylation sites is 1. The summed E-state index contributed by atoms with van der Waals surface area (Å²) in [6, 6.07) is 8.04. The average Bonchev–Trinajstić information content (AvgIpc) is 2.57. The highest BCUT2D eigenvalue weighted by Crippen LogP contribution is 2.25. The number of fused-ring (bicyclic) bond motifs is 1. The van der Waals surface area contributed by atoms with Crippen molar-refractivity contribution in [1.82, 2.24) is 9.80 Å². The number of nitrogens with zero attached hydrogens (tertiary/aromatic N) is 2. The van der Waals surface area contributed by atoms with Gasteiger partial charge in [0.1, 0.15) is 11.9 Å². The number of carbonyl (C=O) groups is 1. The van der Waals surface area contributed by atoms with Crippen LogP contribution in [-0.4, -0.2) is 41.6 Å². The number of hydrogen-bond acceptors (Lipinski definition) is 2. The van der Waals surface area contributed by atoms with Crippen molar-refractivity contribution in [2.24, 2.45) is 0 Å². The molecule has 0 saturated carbocycles. The Bertz CT molecular complexity index is 444. The van der Waals surface area contributed by atoms with Crippen molar-refractivity contribution < 1.29 is 9.53 Å². The van der Waals surface area contributed by atoms with Crippen molar-refractivity contribution in [2.45, 2.75) is 33.4 Å². The van der Waals surface area contributed by atoms with Gasteiger partial charge in [0.15, 0.2) is 0 Å². The van der Waals surface area contributed by atoms with Gasteiger partial charge in [0.25, 0.3) is 0 Å². The summed E-state index contributed by atoms with van der Waals surface area (Å²) < 4.78 is 5.87. The monoisotopic (exact) mass is 262 g/mol. The third-order valence-electron chi connectivity index (χ3n) is 3.44. The normalized spacial score (nSPS) is 18.3. The van der Waals surface area contributed by atoms with E-state index in [0.29, 0.717) is 13.1 Å². The predicted molar refractivity (Wildman–Crippen MR) is 75.3 cm³/mol. The lowest BCUT2D eigenvalue weighted by Crippen LogP contribution is -2.45. The fourth-order valence-electron chi connectivity index (χ4n) is 2.42. The topological polar surface area (TPSA) is 32.8 Å². The van der Waals surface area contributed by atoms with Gasteiger partial charge in [-0.2, -0.15) is 0 Å². The Morgan fingerprint density at radius 2 is 2.05 bits per heavy atom. The van der Waals surface area contributed by atoms with Gasteiger partial charge in [-0.15, -0.1) is 0 Å². The van der Waals surface area contributed by atoms with E-state index in [0.717, 1.165) is 24.4 Å². The molecule has 1 aliphatic heterocycles. The SMILES string of the molecule is CCN(CC)C(=O)N1Cc2ccccc2OC(C)C1. The third-order valence-corrected chi connectivity index (χ3v) is 3.44. The fourth-order valence-corrected chi connectivity index (χ4v) is 2.42. The third kappa shape index (κ3) is 3.00. The first-order chi connectivity index (χ1) is 9.15. The number of carbonyl (C=O) groups excluding carboxylic acids is 1. The van der Waals surface area contributed by atoms with E-state index in [4.69, 9.17) is 4.74 Å². The molecule has 4 heteroatoms. The summed E-state index contributed by atoms with van der Waals surface area (Å²) in [6.07, 6.45) is 0.0168. The largest absolute Gasteiger partial charge is 0.489 e. The van der Waals surface area contributed by atoms with Crippen LogP contribution < -0.4 is 4.74 Å². The molecule has 0 spiro atoms. The Labute approximate surface area is 115 Å². The molecule has 0 N–H and O–H groups in total. The lowest BCUT2D eigenvalue weighted by atomic mass is 10.2. The molecule has 19 heavy (non-hydrogen) atoms. The van der Waals surface area contributed by atoms with Crippen LogP contribution >= 0.6 is 0 Å². The number of ether oxygens (including phenoxy) is 1. The fraction of sp³-hybridized carbons (Fsp3) is 0.533. The molecule has 1 unspecified atom stereocenters. The molecule has 1 atom stereocenters. The van der Waals surface area contributed by atoms with Crippen LogP contribution in [0.25, 0.3) is 0 Å². The Kier molecular flexibility index (Phi) is 4.30. The molecule has 0 aliphatic carbocycles. The molecule has 4 nitrogen and oxygen atoms in total. The maximum absolute atomic E-state index is 12.5. The Morgan fingerprint density at radius 3 is 2.74 bits per heavy atom. The minimum absolute atomic E-state index is 0.0168. The van der Waals surface area contributed by atoms with Crippen LogP contribution in [0.1, 0.15) is 26.3 Å². The maximum atomic E-state index is 12.5. The summed E-state index contributed by atoms with van der Waals surface area (Å²) in [7, 11) is 0. The zero-order valence-electron chi connectivity index (χ0n) is 11.9. The highest BCUT2D eigenvalue weighted by atomic mass is 16.5. The standard InChI is InChI=1S/C15H22N2O2/c1-4-16(5-2)15(18)17-10-12(3)19-14-9-7-6-8-13(14)11-17/h6-9,12H,4-5,10-11H2,1-3H3. The predicted octanol–water partition coefficient (Wildman–Crippen LogP) is 2.73. The Hall–Kier alpha value is -1.71. The van der Waals surface area contributed by atoms with Crippen LogP contribution in [0.4, 0.5) is 4.79 Å². The van der Waals surface area contributed by atoms with E-state index < -0.39 is 0 Å². The molecule has 1 heterocycles. The molecule has 1 aliphatic rings. The Morgan fingerprint density at radius 1 is 1.37 bits per heavy atom. The number of hydrogen-bond donors (Lipinski definition) is 0. The molecule has 104 valence electrons. The molecule has 0 bridgehead atoms. The van der Waals surface area contributed by atoms with E-state index in [-0.39, 0.29) is 12.1 Å². The molecule has 0 radical (unpaired) electrons. The summed E-state index contributed by atoms with van der Waals surface area (Å²) in [5.41, 5.74) is 1.08. The van der Waals surface area contributed by atoms with E-state index in [2.05, 4.69) is 0 Å². The van der Waals surface area contributed by atoms with Gasteiger partial charge in [-0.3, -0.25) is 0 Å². The molecule has 2 rings (SSSR count). The highest BCUT2D eigenvalue weighted by molar-refractivity contribution is 5.74. The van der Waals surface area contributed by atoms with Crippen LogP contribution in [0.2, 0.25) is 0 Å². The number of urea groups is 1. The Balaban J connectivity index is 2.21. The van der Waals surface area contributed by atoms with Crippen molar-refractivity contribution in [3.05, 3.63) is 29.8 Å². The van der Waals surface area contributed by atoms with Crippen LogP contribution in [0.5, 0.6) is 5.75 Å². The average molecular weight is 262 g/mol. The van der Waals surface area contributed by atoms with Crippen molar-refractivity contribution in [3.63, 3.8) is 0 Å². The highest BCUT2D eigenvalue weighted by Gasteiger charge is 2.25. The molecule has 0 saturated heterocycles. The van der Waals surface area contributed by atoms with Crippen LogP contribution in [-0.2, 0) is 6.54 Å². The minimum atomic E-state index is 0.0168. The first-order valence-corrected chi connectivity index (χ1v) is 6.94. The second kappa shape index (κ2) is 5.95.